The first-order valence-corrected chi connectivity index (χ1v) is 6.00. The Morgan fingerprint density at radius 3 is 1.82 bits per heavy atom. The lowest BCUT2D eigenvalue weighted by atomic mass is 10.0. The Kier molecular flexibility index (Phi) is 7.79. The molecule has 0 aliphatic carbocycles. The molecule has 0 unspecified atom stereocenters. The topological polar surface area (TPSA) is 0 Å². The van der Waals surface area contributed by atoms with Crippen molar-refractivity contribution in [3.63, 3.8) is 0 Å². The Bertz CT molecular complexity index is 392. The lowest BCUT2D eigenvalue weighted by molar-refractivity contribution is 1.34. The van der Waals surface area contributed by atoms with Crippen LogP contribution in [0.15, 0.2) is 71.4 Å². The predicted molar refractivity (Wildman–Crippen MR) is 80.0 cm³/mol. The van der Waals surface area contributed by atoms with Crippen LogP contribution >= 0.6 is 0 Å². The van der Waals surface area contributed by atoms with Gasteiger partial charge in [0.1, 0.15) is 0 Å². The molecule has 0 aliphatic rings. The van der Waals surface area contributed by atoms with E-state index in [4.69, 9.17) is 0 Å². The summed E-state index contributed by atoms with van der Waals surface area (Å²) >= 11 is 0. The molecule has 0 saturated carbocycles. The maximum absolute atomic E-state index is 3.67. The number of rotatable bonds is 5. The van der Waals surface area contributed by atoms with E-state index in [0.29, 0.717) is 0 Å². The van der Waals surface area contributed by atoms with Gasteiger partial charge < -0.3 is 0 Å². The quantitative estimate of drug-likeness (QED) is 0.542. The summed E-state index contributed by atoms with van der Waals surface area (Å²) in [6, 6.07) is 0. The maximum atomic E-state index is 3.67. The lowest BCUT2D eigenvalue weighted by Crippen LogP contribution is -1.85. The third-order valence-electron chi connectivity index (χ3n) is 2.28. The van der Waals surface area contributed by atoms with Crippen LogP contribution < -0.4 is 0 Å². The van der Waals surface area contributed by atoms with Crippen molar-refractivity contribution in [2.24, 2.45) is 0 Å². The minimum absolute atomic E-state index is 1.22. The first-order chi connectivity index (χ1) is 8.04. The molecule has 0 rings (SSSR count). The fourth-order valence-corrected chi connectivity index (χ4v) is 1.49. The molecule has 17 heavy (non-hydrogen) atoms. The van der Waals surface area contributed by atoms with Gasteiger partial charge in [-0.2, -0.15) is 0 Å². The van der Waals surface area contributed by atoms with Gasteiger partial charge in [-0.15, -0.1) is 0 Å². The van der Waals surface area contributed by atoms with Gasteiger partial charge in [0.25, 0.3) is 0 Å². The normalized spacial score (nSPS) is 14.1. The summed E-state index contributed by atoms with van der Waals surface area (Å²) in [4.78, 5) is 0. The van der Waals surface area contributed by atoms with Gasteiger partial charge in [-0.3, -0.25) is 0 Å². The standard InChI is InChI=1S/C17H24/c1-7-10-11-15(6)13-17(9-3)16(8-2)12-14(4)5/h7-13H,1H2,2-6H3/b11-10-,15-13-,16-8-,17-9-. The molecule has 0 nitrogen and oxygen atoms in total. The summed E-state index contributed by atoms with van der Waals surface area (Å²) in [6.45, 7) is 14.1. The van der Waals surface area contributed by atoms with Crippen LogP contribution in [0.1, 0.15) is 34.6 Å². The molecule has 0 fully saturated rings. The van der Waals surface area contributed by atoms with Crippen LogP contribution in [-0.2, 0) is 0 Å². The van der Waals surface area contributed by atoms with Crippen molar-refractivity contribution in [2.45, 2.75) is 34.6 Å². The fraction of sp³-hybridized carbons (Fsp3) is 0.294. The molecular formula is C17H24. The molecule has 0 aromatic carbocycles. The molecular weight excluding hydrogens is 204 g/mol. The van der Waals surface area contributed by atoms with Gasteiger partial charge in [0.2, 0.25) is 0 Å². The summed E-state index contributed by atoms with van der Waals surface area (Å²) in [5, 5.41) is 0. The Morgan fingerprint density at radius 1 is 0.882 bits per heavy atom. The van der Waals surface area contributed by atoms with Gasteiger partial charge in [0.15, 0.2) is 0 Å². The van der Waals surface area contributed by atoms with Gasteiger partial charge in [-0.1, -0.05) is 60.3 Å². The van der Waals surface area contributed by atoms with Crippen molar-refractivity contribution < 1.29 is 0 Å². The van der Waals surface area contributed by atoms with Gasteiger partial charge in [0.05, 0.1) is 0 Å². The summed E-state index contributed by atoms with van der Waals surface area (Å²) < 4.78 is 0. The van der Waals surface area contributed by atoms with Crippen molar-refractivity contribution in [1.29, 1.82) is 0 Å². The van der Waals surface area contributed by atoms with E-state index in [1.807, 2.05) is 6.08 Å². The molecule has 0 bridgehead atoms. The first-order valence-electron chi connectivity index (χ1n) is 6.00. The molecule has 0 spiro atoms. The number of hydrogen-bond acceptors (Lipinski definition) is 0. The molecule has 0 saturated heterocycles. The minimum atomic E-state index is 1.22. The summed E-state index contributed by atoms with van der Waals surface area (Å²) in [5.74, 6) is 0. The van der Waals surface area contributed by atoms with E-state index in [9.17, 15) is 0 Å². The summed E-state index contributed by atoms with van der Waals surface area (Å²) in [6.07, 6.45) is 14.5. The Balaban J connectivity index is 5.17. The Morgan fingerprint density at radius 2 is 1.41 bits per heavy atom. The second-order valence-electron chi connectivity index (χ2n) is 4.19. The van der Waals surface area contributed by atoms with Crippen LogP contribution in [0.2, 0.25) is 0 Å². The zero-order valence-corrected chi connectivity index (χ0v) is 11.7. The lowest BCUT2D eigenvalue weighted by Gasteiger charge is -2.05. The molecule has 0 aliphatic heterocycles. The van der Waals surface area contributed by atoms with E-state index in [0.717, 1.165) is 0 Å². The molecule has 92 valence electrons. The Labute approximate surface area is 106 Å². The highest BCUT2D eigenvalue weighted by Crippen LogP contribution is 2.17. The van der Waals surface area contributed by atoms with E-state index in [-0.39, 0.29) is 0 Å². The molecule has 0 N–H and O–H groups in total. The minimum Gasteiger partial charge on any atom is -0.0991 e. The monoisotopic (exact) mass is 228 g/mol. The average molecular weight is 228 g/mol. The summed E-state index contributed by atoms with van der Waals surface area (Å²) in [7, 11) is 0. The van der Waals surface area contributed by atoms with Crippen LogP contribution in [0, 0.1) is 0 Å². The molecule has 0 atom stereocenters. The molecule has 0 radical (unpaired) electrons. The van der Waals surface area contributed by atoms with Crippen LogP contribution in [-0.4, -0.2) is 0 Å². The third-order valence-corrected chi connectivity index (χ3v) is 2.28. The molecule has 0 heteroatoms. The van der Waals surface area contributed by atoms with Gasteiger partial charge >= 0.3 is 0 Å². The van der Waals surface area contributed by atoms with Crippen LogP contribution in [0.5, 0.6) is 0 Å². The van der Waals surface area contributed by atoms with Gasteiger partial charge in [-0.25, -0.2) is 0 Å². The molecule has 0 amide bonds. The highest BCUT2D eigenvalue weighted by atomic mass is 14.0. The molecule has 0 aromatic rings. The molecule has 0 aromatic heterocycles. The molecule has 0 heterocycles. The van der Waals surface area contributed by atoms with E-state index in [1.165, 1.54) is 22.3 Å². The van der Waals surface area contributed by atoms with Gasteiger partial charge in [0, 0.05) is 0 Å². The predicted octanol–water partition coefficient (Wildman–Crippen LogP) is 5.53. The van der Waals surface area contributed by atoms with Crippen LogP contribution in [0.4, 0.5) is 0 Å². The van der Waals surface area contributed by atoms with E-state index < -0.39 is 0 Å². The third kappa shape index (κ3) is 6.57. The van der Waals surface area contributed by atoms with Crippen molar-refractivity contribution in [3.8, 4) is 0 Å². The van der Waals surface area contributed by atoms with Crippen molar-refractivity contribution in [1.82, 2.24) is 0 Å². The number of allylic oxidation sites excluding steroid dienone is 11. The first kappa shape index (κ1) is 15.4. The fourth-order valence-electron chi connectivity index (χ4n) is 1.49. The van der Waals surface area contributed by atoms with E-state index in [1.54, 1.807) is 6.08 Å². The van der Waals surface area contributed by atoms with Gasteiger partial charge in [-0.05, 0) is 45.8 Å². The highest BCUT2D eigenvalue weighted by Gasteiger charge is 1.97. The van der Waals surface area contributed by atoms with Crippen LogP contribution in [0.25, 0.3) is 0 Å². The smallest absolute Gasteiger partial charge is 0.0227 e. The van der Waals surface area contributed by atoms with Crippen molar-refractivity contribution >= 4 is 0 Å². The second kappa shape index (κ2) is 8.58. The van der Waals surface area contributed by atoms with Crippen LogP contribution in [0.3, 0.4) is 0 Å². The average Bonchev–Trinajstić information content (AvgIpc) is 2.30. The highest BCUT2D eigenvalue weighted by molar-refractivity contribution is 5.49. The Hall–Kier alpha value is -1.56. The van der Waals surface area contributed by atoms with E-state index >= 15 is 0 Å². The van der Waals surface area contributed by atoms with E-state index in [2.05, 4.69) is 71.6 Å². The zero-order chi connectivity index (χ0) is 13.3. The largest absolute Gasteiger partial charge is 0.0991 e. The summed E-state index contributed by atoms with van der Waals surface area (Å²) in [5.41, 5.74) is 5.04. The second-order valence-corrected chi connectivity index (χ2v) is 4.19. The number of hydrogen-bond donors (Lipinski definition) is 0. The zero-order valence-electron chi connectivity index (χ0n) is 11.7. The SMILES string of the molecule is C=C\C=C/C(C)=C\C(=C\C)C(\C=C(C)C)=C/C. The van der Waals surface area contributed by atoms with Crippen molar-refractivity contribution in [2.75, 3.05) is 0 Å². The van der Waals surface area contributed by atoms with Crippen molar-refractivity contribution in [3.05, 3.63) is 71.4 Å². The maximum Gasteiger partial charge on any atom is -0.0227 e.